The summed E-state index contributed by atoms with van der Waals surface area (Å²) < 4.78 is 2.50. The first kappa shape index (κ1) is 40.5. The highest BCUT2D eigenvalue weighted by atomic mass is 16.3. The zero-order chi connectivity index (χ0) is 42.8. The Morgan fingerprint density at radius 1 is 0.556 bits per heavy atom. The minimum absolute atomic E-state index is 0.115. The van der Waals surface area contributed by atoms with Crippen LogP contribution in [-0.2, 0) is 6.54 Å². The molecule has 1 aliphatic heterocycles. The molecular formula is C59H64N3O+. The van der Waals surface area contributed by atoms with Crippen molar-refractivity contribution >= 4 is 11.4 Å². The molecule has 4 saturated carbocycles. The standard InChI is InChI=1S/C59H64N3O/c1-56-33-16-17-34-57(56,2)50-31-36-58(3)51(49(50)30-35-56)32-37-59(58,63)41-61-53(44-20-10-5-11-21-44)38-47(39-54(61)45-22-12-6-13-23-45)42-26-28-48(29-27-42)62-55(46-24-14-7-15-25-46)40-52(60-62)43-18-8-4-9-19-43/h4-15,18-29,38-39,49-51,55,63H,16-17,30-37,40-41H2,1-3H3/q+1/t49-,50+,51+,55+,56-,57-,58+,59-/m1/s1. The molecule has 320 valence electrons. The van der Waals surface area contributed by atoms with Crippen LogP contribution in [0.5, 0.6) is 0 Å². The van der Waals surface area contributed by atoms with Crippen LogP contribution >= 0.6 is 0 Å². The quantitative estimate of drug-likeness (QED) is 0.155. The van der Waals surface area contributed by atoms with Crippen LogP contribution in [0.4, 0.5) is 5.69 Å². The number of rotatable bonds is 8. The molecule has 1 N–H and O–H groups in total. The maximum atomic E-state index is 13.5. The van der Waals surface area contributed by atoms with E-state index in [4.69, 9.17) is 5.10 Å². The van der Waals surface area contributed by atoms with Gasteiger partial charge >= 0.3 is 0 Å². The van der Waals surface area contributed by atoms with E-state index in [1.165, 1.54) is 72.8 Å². The van der Waals surface area contributed by atoms with Crippen molar-refractivity contribution in [3.8, 4) is 33.6 Å². The van der Waals surface area contributed by atoms with E-state index < -0.39 is 5.60 Å². The zero-order valence-corrected chi connectivity index (χ0v) is 37.6. The first-order valence-electron chi connectivity index (χ1n) is 24.2. The van der Waals surface area contributed by atoms with Crippen LogP contribution in [-0.4, -0.2) is 16.4 Å². The Hall–Kier alpha value is -5.32. The number of aromatic nitrogens is 1. The highest BCUT2D eigenvalue weighted by Gasteiger charge is 2.67. The van der Waals surface area contributed by atoms with Gasteiger partial charge in [-0.2, -0.15) is 9.67 Å². The van der Waals surface area contributed by atoms with Crippen LogP contribution in [0.25, 0.3) is 33.6 Å². The second kappa shape index (κ2) is 15.7. The topological polar surface area (TPSA) is 39.7 Å². The summed E-state index contributed by atoms with van der Waals surface area (Å²) in [7, 11) is 0. The summed E-state index contributed by atoms with van der Waals surface area (Å²) in [6.07, 6.45) is 13.5. The first-order valence-corrected chi connectivity index (χ1v) is 24.2. The number of fused-ring (bicyclic) bond motifs is 5. The lowest BCUT2D eigenvalue weighted by molar-refractivity contribution is -0.692. The van der Waals surface area contributed by atoms with Crippen molar-refractivity contribution in [2.75, 3.05) is 5.01 Å². The van der Waals surface area contributed by atoms with Gasteiger partial charge in [0.05, 0.1) is 17.4 Å². The Kier molecular flexibility index (Phi) is 10.1. The number of aliphatic hydroxyl groups is 1. The van der Waals surface area contributed by atoms with E-state index in [1.807, 2.05) is 0 Å². The van der Waals surface area contributed by atoms with E-state index in [1.54, 1.807) is 0 Å². The van der Waals surface area contributed by atoms with Crippen molar-refractivity contribution in [3.63, 3.8) is 0 Å². The number of anilines is 1. The largest absolute Gasteiger partial charge is 0.383 e. The molecule has 0 bridgehead atoms. The van der Waals surface area contributed by atoms with Crippen LogP contribution in [0.1, 0.15) is 109 Å². The fourth-order valence-electron chi connectivity index (χ4n) is 14.2. The van der Waals surface area contributed by atoms with Gasteiger partial charge in [0.15, 0.2) is 6.54 Å². The highest BCUT2D eigenvalue weighted by Crippen LogP contribution is 2.71. The second-order valence-electron chi connectivity index (χ2n) is 20.9. The van der Waals surface area contributed by atoms with Gasteiger partial charge in [-0.25, -0.2) is 0 Å². The van der Waals surface area contributed by atoms with Crippen molar-refractivity contribution in [2.24, 2.45) is 39.1 Å². The van der Waals surface area contributed by atoms with E-state index in [-0.39, 0.29) is 11.5 Å². The molecule has 5 aliphatic rings. The summed E-state index contributed by atoms with van der Waals surface area (Å²) >= 11 is 0. The fraction of sp³-hybridized carbons (Fsp3) is 0.390. The van der Waals surface area contributed by atoms with Crippen LogP contribution in [0.2, 0.25) is 0 Å². The van der Waals surface area contributed by atoms with E-state index in [2.05, 4.69) is 188 Å². The molecule has 0 radical (unpaired) electrons. The summed E-state index contributed by atoms with van der Waals surface area (Å²) in [6, 6.07) is 57.1. The summed E-state index contributed by atoms with van der Waals surface area (Å²) in [6.45, 7) is 8.39. The number of hydrogen-bond donors (Lipinski definition) is 1. The van der Waals surface area contributed by atoms with Gasteiger partial charge < -0.3 is 5.11 Å². The molecule has 0 unspecified atom stereocenters. The molecule has 5 aromatic carbocycles. The predicted octanol–water partition coefficient (Wildman–Crippen LogP) is 13.9. The number of hydrogen-bond acceptors (Lipinski definition) is 3. The van der Waals surface area contributed by atoms with E-state index in [0.29, 0.717) is 29.2 Å². The number of hydrazone groups is 1. The van der Waals surface area contributed by atoms with Crippen LogP contribution < -0.4 is 9.58 Å². The fourth-order valence-corrected chi connectivity index (χ4v) is 14.2. The van der Waals surface area contributed by atoms with Gasteiger partial charge in [-0.05, 0) is 139 Å². The molecular weight excluding hydrogens is 767 g/mol. The van der Waals surface area contributed by atoms with Gasteiger partial charge in [0, 0.05) is 35.1 Å². The SMILES string of the molecule is C[C@]12CCCC[C@]1(C)[C@H]1CC[C@@]3(C)[C@@H](CC[C@@]3(O)C[n+]3c(-c4ccccc4)cc(-c4ccc(N5N=C(c6ccccc6)C[C@H]5c5ccccc5)cc4)cc3-c3ccccc3)[C@@H]1CC2. The van der Waals surface area contributed by atoms with Crippen molar-refractivity contribution in [1.29, 1.82) is 0 Å². The van der Waals surface area contributed by atoms with Gasteiger partial charge in [-0.15, -0.1) is 0 Å². The molecule has 4 nitrogen and oxygen atoms in total. The van der Waals surface area contributed by atoms with E-state index in [0.717, 1.165) is 60.0 Å². The summed E-state index contributed by atoms with van der Waals surface area (Å²) in [4.78, 5) is 0. The molecule has 63 heavy (non-hydrogen) atoms. The molecule has 1 aromatic heterocycles. The van der Waals surface area contributed by atoms with Crippen LogP contribution in [0.3, 0.4) is 0 Å². The highest BCUT2D eigenvalue weighted by molar-refractivity contribution is 6.03. The predicted molar refractivity (Wildman–Crippen MR) is 258 cm³/mol. The maximum absolute atomic E-state index is 13.5. The summed E-state index contributed by atoms with van der Waals surface area (Å²) in [5.41, 5.74) is 11.5. The Morgan fingerprint density at radius 2 is 1.11 bits per heavy atom. The minimum atomic E-state index is -0.818. The third-order valence-corrected chi connectivity index (χ3v) is 18.1. The average Bonchev–Trinajstić information content (AvgIpc) is 3.89. The van der Waals surface area contributed by atoms with Gasteiger partial charge in [0.1, 0.15) is 5.60 Å². The molecule has 8 atom stereocenters. The van der Waals surface area contributed by atoms with Crippen molar-refractivity contribution in [1.82, 2.24) is 0 Å². The number of pyridine rings is 1. The number of benzene rings is 5. The lowest BCUT2D eigenvalue weighted by Gasteiger charge is -2.65. The lowest BCUT2D eigenvalue weighted by Crippen LogP contribution is -2.61. The molecule has 0 amide bonds. The monoisotopic (exact) mass is 831 g/mol. The maximum Gasteiger partial charge on any atom is 0.213 e. The Balaban J connectivity index is 0.973. The lowest BCUT2D eigenvalue weighted by atomic mass is 9.40. The first-order chi connectivity index (χ1) is 30.7. The Labute approximate surface area is 375 Å². The number of nitrogens with zero attached hydrogens (tertiary/aromatic N) is 3. The van der Waals surface area contributed by atoms with E-state index in [9.17, 15) is 5.11 Å². The van der Waals surface area contributed by atoms with Gasteiger partial charge in [0.2, 0.25) is 11.4 Å². The minimum Gasteiger partial charge on any atom is -0.383 e. The average molecular weight is 831 g/mol. The molecule has 0 spiro atoms. The van der Waals surface area contributed by atoms with E-state index >= 15 is 0 Å². The molecule has 4 heteroatoms. The van der Waals surface area contributed by atoms with Crippen molar-refractivity contribution in [2.45, 2.75) is 110 Å². The summed E-state index contributed by atoms with van der Waals surface area (Å²) in [5.74, 6) is 2.06. The molecule has 0 saturated heterocycles. The van der Waals surface area contributed by atoms with Gasteiger partial charge in [-0.3, -0.25) is 5.01 Å². The van der Waals surface area contributed by atoms with Crippen LogP contribution in [0.15, 0.2) is 163 Å². The Morgan fingerprint density at radius 3 is 1.75 bits per heavy atom. The molecule has 4 aliphatic carbocycles. The van der Waals surface area contributed by atoms with Gasteiger partial charge in [0.25, 0.3) is 0 Å². The van der Waals surface area contributed by atoms with Crippen LogP contribution in [0, 0.1) is 34.0 Å². The molecule has 4 fully saturated rings. The van der Waals surface area contributed by atoms with Crippen molar-refractivity contribution in [3.05, 3.63) is 169 Å². The third-order valence-electron chi connectivity index (χ3n) is 18.1. The Bertz CT molecular complexity index is 2550. The van der Waals surface area contributed by atoms with Crippen molar-refractivity contribution < 1.29 is 9.67 Å². The molecule has 6 aromatic rings. The second-order valence-corrected chi connectivity index (χ2v) is 20.9. The van der Waals surface area contributed by atoms with Gasteiger partial charge in [-0.1, -0.05) is 143 Å². The molecule has 11 rings (SSSR count). The normalized spacial score (nSPS) is 31.2. The summed E-state index contributed by atoms with van der Waals surface area (Å²) in [5, 5.41) is 20.9. The smallest absolute Gasteiger partial charge is 0.213 e. The molecule has 2 heterocycles. The zero-order valence-electron chi connectivity index (χ0n) is 37.6. The third kappa shape index (κ3) is 6.73.